The first kappa shape index (κ1) is 15.3. The molecule has 1 aromatic rings. The third-order valence-corrected chi connectivity index (χ3v) is 7.55. The first-order valence-electron chi connectivity index (χ1n) is 6.37. The van der Waals surface area contributed by atoms with Gasteiger partial charge in [-0.1, -0.05) is 23.9 Å². The molecule has 0 N–H and O–H groups in total. The highest BCUT2D eigenvalue weighted by molar-refractivity contribution is 14.1. The Hall–Kier alpha value is -0.610. The van der Waals surface area contributed by atoms with Crippen LogP contribution in [0.4, 0.5) is 5.69 Å². The van der Waals surface area contributed by atoms with Crippen molar-refractivity contribution in [3.63, 3.8) is 0 Å². The quantitative estimate of drug-likeness (QED) is 0.630. The van der Waals surface area contributed by atoms with Gasteiger partial charge in [0.15, 0.2) is 15.0 Å². The number of benzene rings is 1. The number of rotatable bonds is 1. The van der Waals surface area contributed by atoms with Crippen LogP contribution in [0.1, 0.15) is 6.92 Å². The van der Waals surface area contributed by atoms with Crippen LogP contribution in [0.25, 0.3) is 0 Å². The maximum atomic E-state index is 11.9. The van der Waals surface area contributed by atoms with Crippen molar-refractivity contribution in [2.24, 2.45) is 4.99 Å². The minimum atomic E-state index is -3.02. The molecule has 0 aliphatic carbocycles. The maximum Gasteiger partial charge on any atom is 0.244 e. The summed E-state index contributed by atoms with van der Waals surface area (Å²) in [6.45, 7) is 1.41. The topological polar surface area (TPSA) is 66.8 Å². The number of carbonyl (C=O) groups is 1. The smallest absolute Gasteiger partial charge is 0.244 e. The molecular weight excluding hydrogens is 423 g/mol. The molecular formula is C13H13IN2O3S2. The molecule has 1 amide bonds. The zero-order valence-electron chi connectivity index (χ0n) is 11.2. The van der Waals surface area contributed by atoms with Crippen LogP contribution in [-0.2, 0) is 14.6 Å². The number of fused-ring (bicyclic) bond motifs is 1. The Balaban J connectivity index is 2.07. The standard InChI is InChI=1S/C13H13IN2O3S2/c1-8(17)15-13-16(10-5-3-2-4-9(10)14)11-6-21(18,19)7-12(11)20-13/h2-5,11-12H,6-7H2,1H3/t11-,12+/m1/s1. The average Bonchev–Trinajstić information content (AvgIpc) is 2.81. The second-order valence-electron chi connectivity index (χ2n) is 5.04. The number of nitrogens with zero attached hydrogens (tertiary/aromatic N) is 2. The Morgan fingerprint density at radius 2 is 2.10 bits per heavy atom. The van der Waals surface area contributed by atoms with E-state index in [1.165, 1.54) is 18.7 Å². The first-order valence-corrected chi connectivity index (χ1v) is 10.2. The number of hydrogen-bond acceptors (Lipinski definition) is 4. The highest BCUT2D eigenvalue weighted by Gasteiger charge is 2.49. The number of aliphatic imine (C=N–C) groups is 1. The third kappa shape index (κ3) is 2.98. The molecule has 112 valence electrons. The number of amidine groups is 1. The molecule has 2 fully saturated rings. The van der Waals surface area contributed by atoms with Crippen molar-refractivity contribution in [1.29, 1.82) is 0 Å². The van der Waals surface area contributed by atoms with E-state index in [9.17, 15) is 13.2 Å². The molecule has 0 aromatic heterocycles. The van der Waals surface area contributed by atoms with Crippen LogP contribution < -0.4 is 4.90 Å². The van der Waals surface area contributed by atoms with Crippen molar-refractivity contribution >= 4 is 61.0 Å². The van der Waals surface area contributed by atoms with Crippen LogP contribution in [0.2, 0.25) is 0 Å². The molecule has 0 spiro atoms. The highest BCUT2D eigenvalue weighted by Crippen LogP contribution is 2.42. The van der Waals surface area contributed by atoms with Crippen LogP contribution in [0.5, 0.6) is 0 Å². The lowest BCUT2D eigenvalue weighted by atomic mass is 10.2. The van der Waals surface area contributed by atoms with Crippen molar-refractivity contribution in [2.45, 2.75) is 18.2 Å². The van der Waals surface area contributed by atoms with Crippen molar-refractivity contribution < 1.29 is 13.2 Å². The van der Waals surface area contributed by atoms with E-state index in [2.05, 4.69) is 27.6 Å². The molecule has 21 heavy (non-hydrogen) atoms. The van der Waals surface area contributed by atoms with E-state index in [0.29, 0.717) is 5.17 Å². The van der Waals surface area contributed by atoms with E-state index in [0.717, 1.165) is 9.26 Å². The van der Waals surface area contributed by atoms with Crippen LogP contribution in [0, 0.1) is 3.57 Å². The maximum absolute atomic E-state index is 11.9. The van der Waals surface area contributed by atoms with Gasteiger partial charge in [-0.25, -0.2) is 8.42 Å². The van der Waals surface area contributed by atoms with Gasteiger partial charge in [0.25, 0.3) is 0 Å². The minimum Gasteiger partial charge on any atom is -0.315 e. The summed E-state index contributed by atoms with van der Waals surface area (Å²) in [4.78, 5) is 17.4. The zero-order valence-corrected chi connectivity index (χ0v) is 15.0. The third-order valence-electron chi connectivity index (χ3n) is 3.43. The number of hydrogen-bond donors (Lipinski definition) is 0. The fourth-order valence-corrected chi connectivity index (χ4v) is 7.23. The summed E-state index contributed by atoms with van der Waals surface area (Å²) in [6, 6.07) is 7.59. The zero-order chi connectivity index (χ0) is 15.2. The second kappa shape index (κ2) is 5.54. The van der Waals surface area contributed by atoms with Gasteiger partial charge in [-0.3, -0.25) is 4.79 Å². The van der Waals surface area contributed by atoms with E-state index < -0.39 is 9.84 Å². The fourth-order valence-electron chi connectivity index (χ4n) is 2.63. The molecule has 0 saturated carbocycles. The monoisotopic (exact) mass is 436 g/mol. The predicted octanol–water partition coefficient (Wildman–Crippen LogP) is 1.91. The van der Waals surface area contributed by atoms with Gasteiger partial charge in [-0.05, 0) is 34.7 Å². The average molecular weight is 436 g/mol. The Kier molecular flexibility index (Phi) is 4.04. The molecule has 0 radical (unpaired) electrons. The van der Waals surface area contributed by atoms with Gasteiger partial charge < -0.3 is 4.90 Å². The van der Waals surface area contributed by atoms with Crippen molar-refractivity contribution in [3.05, 3.63) is 27.8 Å². The van der Waals surface area contributed by atoms with E-state index >= 15 is 0 Å². The first-order chi connectivity index (χ1) is 9.87. The number of carbonyl (C=O) groups excluding carboxylic acids is 1. The normalized spacial score (nSPS) is 28.9. The van der Waals surface area contributed by atoms with Crippen molar-refractivity contribution in [3.8, 4) is 0 Å². The van der Waals surface area contributed by atoms with E-state index in [1.807, 2.05) is 29.2 Å². The summed E-state index contributed by atoms with van der Waals surface area (Å²) in [5.74, 6) is 0.00224. The van der Waals surface area contributed by atoms with Crippen molar-refractivity contribution in [1.82, 2.24) is 0 Å². The number of thioether (sulfide) groups is 1. The SMILES string of the molecule is CC(=O)N=C1S[C@H]2CS(=O)(=O)C[C@H]2N1c1ccccc1I. The summed E-state index contributed by atoms with van der Waals surface area (Å²) in [5.41, 5.74) is 0.912. The molecule has 2 heterocycles. The second-order valence-corrected chi connectivity index (χ2v) is 9.56. The number of sulfone groups is 1. The lowest BCUT2D eigenvalue weighted by Crippen LogP contribution is -2.38. The van der Waals surface area contributed by atoms with Crippen LogP contribution >= 0.6 is 34.4 Å². The van der Waals surface area contributed by atoms with Gasteiger partial charge in [-0.15, -0.1) is 0 Å². The molecule has 1 aromatic carbocycles. The van der Waals surface area contributed by atoms with E-state index in [1.54, 1.807) is 0 Å². The van der Waals surface area contributed by atoms with Gasteiger partial charge in [0.05, 0.1) is 23.2 Å². The lowest BCUT2D eigenvalue weighted by Gasteiger charge is -2.25. The molecule has 3 rings (SSSR count). The van der Waals surface area contributed by atoms with E-state index in [-0.39, 0.29) is 28.7 Å². The summed E-state index contributed by atoms with van der Waals surface area (Å²) in [7, 11) is -3.02. The van der Waals surface area contributed by atoms with Gasteiger partial charge in [-0.2, -0.15) is 4.99 Å². The number of para-hydroxylation sites is 1. The van der Waals surface area contributed by atoms with Gasteiger partial charge in [0.1, 0.15) is 0 Å². The van der Waals surface area contributed by atoms with Gasteiger partial charge >= 0.3 is 0 Å². The largest absolute Gasteiger partial charge is 0.315 e. The Bertz CT molecular complexity index is 733. The molecule has 2 atom stereocenters. The van der Waals surface area contributed by atoms with Gasteiger partial charge in [0, 0.05) is 15.7 Å². The molecule has 0 unspecified atom stereocenters. The van der Waals surface area contributed by atoms with Crippen LogP contribution in [0.15, 0.2) is 29.3 Å². The Labute approximate surface area is 141 Å². The van der Waals surface area contributed by atoms with Crippen molar-refractivity contribution in [2.75, 3.05) is 16.4 Å². The molecule has 2 aliphatic heterocycles. The molecule has 0 bridgehead atoms. The Morgan fingerprint density at radius 3 is 2.76 bits per heavy atom. The summed E-state index contributed by atoms with van der Waals surface area (Å²) < 4.78 is 24.8. The highest BCUT2D eigenvalue weighted by atomic mass is 127. The number of halogens is 1. The minimum absolute atomic E-state index is 0.0518. The lowest BCUT2D eigenvalue weighted by molar-refractivity contribution is -0.115. The molecule has 2 aliphatic rings. The summed E-state index contributed by atoms with van der Waals surface area (Å²) in [5, 5.41) is 0.556. The number of anilines is 1. The van der Waals surface area contributed by atoms with Crippen LogP contribution in [0.3, 0.4) is 0 Å². The van der Waals surface area contributed by atoms with Gasteiger partial charge in [0.2, 0.25) is 5.91 Å². The predicted molar refractivity (Wildman–Crippen MR) is 93.6 cm³/mol. The Morgan fingerprint density at radius 1 is 1.38 bits per heavy atom. The fraction of sp³-hybridized carbons (Fsp3) is 0.385. The van der Waals surface area contributed by atoms with Crippen LogP contribution in [-0.4, -0.2) is 42.3 Å². The summed E-state index contributed by atoms with van der Waals surface area (Å²) in [6.07, 6.45) is 0. The molecule has 2 saturated heterocycles. The number of amides is 1. The molecule has 8 heteroatoms. The summed E-state index contributed by atoms with van der Waals surface area (Å²) >= 11 is 3.61. The molecule has 5 nitrogen and oxygen atoms in total. The van der Waals surface area contributed by atoms with E-state index in [4.69, 9.17) is 0 Å².